The summed E-state index contributed by atoms with van der Waals surface area (Å²) in [6.45, 7) is 13.5. The molecule has 0 amide bonds. The van der Waals surface area contributed by atoms with Gasteiger partial charge >= 0.3 is 11.9 Å². The summed E-state index contributed by atoms with van der Waals surface area (Å²) in [6.07, 6.45) is 10.8. The molecule has 0 aromatic heterocycles. The van der Waals surface area contributed by atoms with Gasteiger partial charge in [-0.15, -0.1) is 0 Å². The van der Waals surface area contributed by atoms with E-state index >= 15 is 0 Å². The first-order chi connectivity index (χ1) is 21.5. The summed E-state index contributed by atoms with van der Waals surface area (Å²) in [6, 6.07) is 6.49. The number of hydrogen-bond acceptors (Lipinski definition) is 6. The summed E-state index contributed by atoms with van der Waals surface area (Å²) in [4.78, 5) is 26.0. The Labute approximate surface area is 274 Å². The normalized spacial score (nSPS) is 44.6. The van der Waals surface area contributed by atoms with Crippen LogP contribution in [0.25, 0.3) is 6.08 Å². The van der Waals surface area contributed by atoms with Crippen molar-refractivity contribution < 1.29 is 34.8 Å². The van der Waals surface area contributed by atoms with Crippen molar-refractivity contribution in [2.24, 2.45) is 50.2 Å². The second-order valence-corrected chi connectivity index (χ2v) is 17.4. The summed E-state index contributed by atoms with van der Waals surface area (Å²) >= 11 is 0. The first-order valence-electron chi connectivity index (χ1n) is 17.4. The molecule has 1 aromatic carbocycles. The minimum absolute atomic E-state index is 0.0271. The zero-order valence-electron chi connectivity index (χ0n) is 28.5. The van der Waals surface area contributed by atoms with Crippen LogP contribution in [-0.4, -0.2) is 51.2 Å². The minimum Gasteiger partial charge on any atom is -0.508 e. The Morgan fingerprint density at radius 3 is 2.26 bits per heavy atom. The van der Waals surface area contributed by atoms with Gasteiger partial charge in [0.1, 0.15) is 11.9 Å². The molecule has 46 heavy (non-hydrogen) atoms. The number of fused-ring (bicyclic) bond motifs is 7. The number of ether oxygens (including phenoxy) is 1. The maximum Gasteiger partial charge on any atom is 0.331 e. The van der Waals surface area contributed by atoms with Crippen LogP contribution in [0.1, 0.15) is 105 Å². The average Bonchev–Trinajstić information content (AvgIpc) is 2.98. The van der Waals surface area contributed by atoms with Gasteiger partial charge in [-0.05, 0) is 121 Å². The topological polar surface area (TPSA) is 124 Å². The van der Waals surface area contributed by atoms with Gasteiger partial charge in [0.25, 0.3) is 0 Å². The lowest BCUT2D eigenvalue weighted by atomic mass is 9.33. The van der Waals surface area contributed by atoms with E-state index in [0.29, 0.717) is 12.8 Å². The van der Waals surface area contributed by atoms with Crippen molar-refractivity contribution in [3.05, 3.63) is 47.6 Å². The summed E-state index contributed by atoms with van der Waals surface area (Å²) < 4.78 is 5.98. The highest BCUT2D eigenvalue weighted by molar-refractivity contribution is 5.87. The molecular formula is C39H54O7. The van der Waals surface area contributed by atoms with Crippen molar-refractivity contribution >= 4 is 18.0 Å². The van der Waals surface area contributed by atoms with Crippen LogP contribution in [0.5, 0.6) is 5.75 Å². The first kappa shape index (κ1) is 33.3. The standard InChI is InChI=1S/C39H54O7/c1-34(2)17-19-39(33(44)45)20-18-37(5)26(27(39)21-34)12-13-30-35(3)22-28(42)32(36(4,23-40)29(35)15-16-38(30,37)6)46-31(43)14-9-24-7-10-25(41)11-8-24/h7-12,14,27-30,32,40-42H,13,15-23H2,1-6H3,(H,44,45)/b14-9-/t27-,28+,29+,30-,32+,35+,36+,37-,38-,39+/m1/s1. The van der Waals surface area contributed by atoms with Crippen molar-refractivity contribution in [2.45, 2.75) is 112 Å². The van der Waals surface area contributed by atoms with Crippen LogP contribution in [0.3, 0.4) is 0 Å². The number of aliphatic carboxylic acids is 1. The van der Waals surface area contributed by atoms with Gasteiger partial charge in [-0.2, -0.15) is 0 Å². The molecule has 4 fully saturated rings. The van der Waals surface area contributed by atoms with Crippen LogP contribution in [-0.2, 0) is 14.3 Å². The third-order valence-electron chi connectivity index (χ3n) is 14.7. The molecule has 0 spiro atoms. The van der Waals surface area contributed by atoms with Gasteiger partial charge in [0.2, 0.25) is 0 Å². The Morgan fingerprint density at radius 2 is 1.61 bits per heavy atom. The predicted octanol–water partition coefficient (Wildman–Crippen LogP) is 7.15. The fraction of sp³-hybridized carbons (Fsp3) is 0.692. The van der Waals surface area contributed by atoms with Crippen LogP contribution < -0.4 is 0 Å². The third-order valence-corrected chi connectivity index (χ3v) is 14.7. The number of aliphatic hydroxyl groups is 2. The number of phenolic OH excluding ortho intramolecular Hbond substituents is 1. The van der Waals surface area contributed by atoms with Gasteiger partial charge in [0.05, 0.1) is 18.1 Å². The van der Waals surface area contributed by atoms with Crippen LogP contribution in [0.4, 0.5) is 0 Å². The Kier molecular flexibility index (Phi) is 7.92. The Bertz CT molecular complexity index is 1440. The second-order valence-electron chi connectivity index (χ2n) is 17.4. The monoisotopic (exact) mass is 634 g/mol. The lowest BCUT2D eigenvalue weighted by molar-refractivity contribution is -0.249. The molecule has 0 unspecified atom stereocenters. The second kappa shape index (κ2) is 10.9. The largest absolute Gasteiger partial charge is 0.508 e. The van der Waals surface area contributed by atoms with Crippen LogP contribution in [0.2, 0.25) is 0 Å². The molecule has 1 aromatic rings. The number of benzene rings is 1. The highest BCUT2D eigenvalue weighted by Gasteiger charge is 2.71. The van der Waals surface area contributed by atoms with E-state index in [1.807, 2.05) is 6.92 Å². The summed E-state index contributed by atoms with van der Waals surface area (Å²) in [7, 11) is 0. The van der Waals surface area contributed by atoms with Crippen LogP contribution in [0, 0.1) is 50.2 Å². The molecule has 252 valence electrons. The van der Waals surface area contributed by atoms with Gasteiger partial charge in [-0.3, -0.25) is 4.79 Å². The van der Waals surface area contributed by atoms with Gasteiger partial charge in [0.15, 0.2) is 0 Å². The molecule has 0 aliphatic heterocycles. The molecule has 0 radical (unpaired) electrons. The molecule has 7 heteroatoms. The van der Waals surface area contributed by atoms with Gasteiger partial charge < -0.3 is 25.2 Å². The number of hydrogen-bond donors (Lipinski definition) is 4. The molecule has 6 rings (SSSR count). The number of allylic oxidation sites excluding steroid dienone is 2. The number of phenols is 1. The molecule has 0 bridgehead atoms. The molecule has 4 N–H and O–H groups in total. The van der Waals surface area contributed by atoms with E-state index in [0.717, 1.165) is 50.5 Å². The highest BCUT2D eigenvalue weighted by atomic mass is 16.6. The molecule has 0 saturated heterocycles. The number of esters is 1. The number of aromatic hydroxyl groups is 1. The van der Waals surface area contributed by atoms with Gasteiger partial charge in [-0.25, -0.2) is 4.79 Å². The van der Waals surface area contributed by atoms with Crippen LogP contribution in [0.15, 0.2) is 42.0 Å². The summed E-state index contributed by atoms with van der Waals surface area (Å²) in [5, 5.41) is 42.9. The van der Waals surface area contributed by atoms with Crippen LogP contribution >= 0.6 is 0 Å². The smallest absolute Gasteiger partial charge is 0.331 e. The molecule has 0 heterocycles. The zero-order valence-corrected chi connectivity index (χ0v) is 28.5. The number of carbonyl (C=O) groups is 2. The molecule has 4 saturated carbocycles. The quantitative estimate of drug-likeness (QED) is 0.154. The molecule has 10 atom stereocenters. The molecule has 5 aliphatic carbocycles. The van der Waals surface area contributed by atoms with E-state index in [4.69, 9.17) is 4.74 Å². The maximum absolute atomic E-state index is 13.1. The van der Waals surface area contributed by atoms with Crippen molar-refractivity contribution in [1.29, 1.82) is 0 Å². The molecule has 7 nitrogen and oxygen atoms in total. The van der Waals surface area contributed by atoms with Gasteiger partial charge in [0, 0.05) is 11.5 Å². The fourth-order valence-corrected chi connectivity index (χ4v) is 11.9. The van der Waals surface area contributed by atoms with Crippen molar-refractivity contribution in [1.82, 2.24) is 0 Å². The number of carbonyl (C=O) groups excluding carboxylic acids is 1. The number of carboxylic acids is 1. The van der Waals surface area contributed by atoms with E-state index < -0.39 is 35.0 Å². The Hall–Kier alpha value is -2.64. The highest BCUT2D eigenvalue weighted by Crippen LogP contribution is 2.75. The van der Waals surface area contributed by atoms with E-state index in [-0.39, 0.29) is 51.8 Å². The molecular weight excluding hydrogens is 580 g/mol. The SMILES string of the molecule is CC1(C)CC[C@]2(C(=O)O)CC[C@]3(C)C(=CC[C@@H]4[C@@]5(C)C[C@H](O)[C@H](OC(=O)/C=C\c6ccc(O)cc6)[C@@](C)(CO)[C@H]5CC[C@]43C)[C@H]2C1. The number of rotatable bonds is 5. The summed E-state index contributed by atoms with van der Waals surface area (Å²) in [5.41, 5.74) is 0.128. The Balaban J connectivity index is 1.31. The minimum atomic E-state index is -0.935. The summed E-state index contributed by atoms with van der Waals surface area (Å²) in [5.74, 6) is -0.769. The van der Waals surface area contributed by atoms with E-state index in [1.54, 1.807) is 30.3 Å². The van der Waals surface area contributed by atoms with E-state index in [2.05, 4.69) is 40.7 Å². The van der Waals surface area contributed by atoms with E-state index in [9.17, 15) is 30.0 Å². The number of aliphatic hydroxyl groups excluding tert-OH is 2. The van der Waals surface area contributed by atoms with Gasteiger partial charge in [-0.1, -0.05) is 65.3 Å². The van der Waals surface area contributed by atoms with E-state index in [1.165, 1.54) is 11.6 Å². The number of carboxylic acid groups (broad SMARTS) is 1. The predicted molar refractivity (Wildman–Crippen MR) is 176 cm³/mol. The third kappa shape index (κ3) is 4.73. The average molecular weight is 635 g/mol. The lowest BCUT2D eigenvalue weighted by Gasteiger charge is -2.71. The zero-order chi connectivity index (χ0) is 33.5. The van der Waals surface area contributed by atoms with Crippen molar-refractivity contribution in [3.63, 3.8) is 0 Å². The van der Waals surface area contributed by atoms with Crippen molar-refractivity contribution in [3.8, 4) is 5.75 Å². The first-order valence-corrected chi connectivity index (χ1v) is 17.4. The fourth-order valence-electron chi connectivity index (χ4n) is 11.9. The van der Waals surface area contributed by atoms with Crippen molar-refractivity contribution in [2.75, 3.05) is 6.61 Å². The lowest BCUT2D eigenvalue weighted by Crippen LogP contribution is -2.68. The Morgan fingerprint density at radius 1 is 0.935 bits per heavy atom. The maximum atomic E-state index is 13.1. The molecule has 5 aliphatic rings.